The molecule has 0 unspecified atom stereocenters. The second kappa shape index (κ2) is 6.00. The van der Waals surface area contributed by atoms with Crippen molar-refractivity contribution in [3.63, 3.8) is 0 Å². The number of aliphatic hydroxyl groups excluding tert-OH is 2. The first-order valence-corrected chi connectivity index (χ1v) is 5.64. The van der Waals surface area contributed by atoms with E-state index in [1.165, 1.54) is 10.9 Å². The molecule has 0 saturated carbocycles. The smallest absolute Gasteiger partial charge is 0.287 e. The van der Waals surface area contributed by atoms with Gasteiger partial charge < -0.3 is 15.5 Å². The lowest BCUT2D eigenvalue weighted by Crippen LogP contribution is -2.31. The Balaban J connectivity index is 3.04. The van der Waals surface area contributed by atoms with Gasteiger partial charge in [0.25, 0.3) is 5.56 Å². The third-order valence-electron chi connectivity index (χ3n) is 2.23. The van der Waals surface area contributed by atoms with Crippen LogP contribution < -0.4 is 10.9 Å². The molecule has 0 atom stereocenters. The highest BCUT2D eigenvalue weighted by molar-refractivity contribution is 6.32. The summed E-state index contributed by atoms with van der Waals surface area (Å²) >= 11 is 5.90. The van der Waals surface area contributed by atoms with Crippen LogP contribution in [0.5, 0.6) is 0 Å². The molecule has 0 aliphatic heterocycles. The number of rotatable bonds is 5. The Labute approximate surface area is 104 Å². The van der Waals surface area contributed by atoms with Gasteiger partial charge in [0.15, 0.2) is 0 Å². The molecule has 7 heteroatoms. The Morgan fingerprint density at radius 1 is 1.47 bits per heavy atom. The predicted octanol–water partition coefficient (Wildman–Crippen LogP) is 0.243. The molecule has 96 valence electrons. The van der Waals surface area contributed by atoms with Crippen molar-refractivity contribution in [3.8, 4) is 0 Å². The number of hydrogen-bond acceptors (Lipinski definition) is 5. The molecule has 1 heterocycles. The molecular formula is C10H16ClN3O3. The first-order valence-electron chi connectivity index (χ1n) is 5.26. The minimum Gasteiger partial charge on any atom is -0.394 e. The summed E-state index contributed by atoms with van der Waals surface area (Å²) in [6, 6.07) is -0.649. The van der Waals surface area contributed by atoms with Gasteiger partial charge in [-0.2, -0.15) is 5.10 Å². The van der Waals surface area contributed by atoms with Crippen molar-refractivity contribution in [1.29, 1.82) is 0 Å². The van der Waals surface area contributed by atoms with Crippen molar-refractivity contribution < 1.29 is 10.2 Å². The lowest BCUT2D eigenvalue weighted by molar-refractivity contribution is 0.204. The molecule has 0 spiro atoms. The largest absolute Gasteiger partial charge is 0.394 e. The second-order valence-corrected chi connectivity index (χ2v) is 4.30. The minimum atomic E-state index is -0.566. The molecule has 0 amide bonds. The highest BCUT2D eigenvalue weighted by atomic mass is 35.5. The zero-order valence-corrected chi connectivity index (χ0v) is 10.5. The van der Waals surface area contributed by atoms with Gasteiger partial charge in [-0.1, -0.05) is 11.6 Å². The third-order valence-corrected chi connectivity index (χ3v) is 2.60. The Hall–Kier alpha value is -1.11. The van der Waals surface area contributed by atoms with Crippen molar-refractivity contribution in [2.45, 2.75) is 25.9 Å². The quantitative estimate of drug-likeness (QED) is 0.707. The average molecular weight is 262 g/mol. The average Bonchev–Trinajstić information content (AvgIpc) is 2.30. The van der Waals surface area contributed by atoms with Crippen LogP contribution in [0.3, 0.4) is 0 Å². The first kappa shape index (κ1) is 14.0. The topological polar surface area (TPSA) is 87.4 Å². The molecule has 17 heavy (non-hydrogen) atoms. The summed E-state index contributed by atoms with van der Waals surface area (Å²) in [5.74, 6) is 0. The maximum atomic E-state index is 11.8. The van der Waals surface area contributed by atoms with Crippen LogP contribution in [-0.4, -0.2) is 39.2 Å². The van der Waals surface area contributed by atoms with Crippen LogP contribution in [0, 0.1) is 0 Å². The molecule has 0 bridgehead atoms. The van der Waals surface area contributed by atoms with E-state index in [2.05, 4.69) is 10.4 Å². The van der Waals surface area contributed by atoms with Crippen LogP contribution in [0.1, 0.15) is 19.9 Å². The number of aliphatic hydroxyl groups is 2. The predicted molar refractivity (Wildman–Crippen MR) is 65.5 cm³/mol. The minimum absolute atomic E-state index is 0.000556. The van der Waals surface area contributed by atoms with E-state index >= 15 is 0 Å². The van der Waals surface area contributed by atoms with Crippen molar-refractivity contribution in [1.82, 2.24) is 9.78 Å². The van der Waals surface area contributed by atoms with Gasteiger partial charge in [0.1, 0.15) is 5.02 Å². The molecule has 6 nitrogen and oxygen atoms in total. The van der Waals surface area contributed by atoms with Crippen molar-refractivity contribution in [3.05, 3.63) is 21.6 Å². The van der Waals surface area contributed by atoms with E-state index < -0.39 is 11.6 Å². The Morgan fingerprint density at radius 2 is 2.06 bits per heavy atom. The van der Waals surface area contributed by atoms with Gasteiger partial charge in [-0.3, -0.25) is 4.79 Å². The zero-order valence-electron chi connectivity index (χ0n) is 9.72. The van der Waals surface area contributed by atoms with Crippen LogP contribution in [0.2, 0.25) is 5.02 Å². The standard InChI is InChI=1S/C10H16ClN3O3/c1-6(2)14-10(17)9(11)8(3-12-14)13-7(4-15)5-16/h3,6-7,13,15-16H,4-5H2,1-2H3. The summed E-state index contributed by atoms with van der Waals surface area (Å²) < 4.78 is 1.26. The highest BCUT2D eigenvalue weighted by Crippen LogP contribution is 2.17. The van der Waals surface area contributed by atoms with Crippen LogP contribution in [0.25, 0.3) is 0 Å². The summed E-state index contributed by atoms with van der Waals surface area (Å²) in [5.41, 5.74) is -0.0945. The fourth-order valence-electron chi connectivity index (χ4n) is 1.28. The molecule has 1 aromatic rings. The van der Waals surface area contributed by atoms with Crippen LogP contribution in [0.4, 0.5) is 5.69 Å². The molecule has 1 rings (SSSR count). The maximum absolute atomic E-state index is 11.8. The molecule has 0 saturated heterocycles. The molecule has 0 aliphatic carbocycles. The fraction of sp³-hybridized carbons (Fsp3) is 0.600. The summed E-state index contributed by atoms with van der Waals surface area (Å²) in [7, 11) is 0. The third kappa shape index (κ3) is 3.18. The van der Waals surface area contributed by atoms with Gasteiger partial charge in [0.05, 0.1) is 37.2 Å². The van der Waals surface area contributed by atoms with Gasteiger partial charge in [-0.15, -0.1) is 0 Å². The zero-order chi connectivity index (χ0) is 13.0. The van der Waals surface area contributed by atoms with Crippen LogP contribution >= 0.6 is 11.6 Å². The summed E-state index contributed by atoms with van der Waals surface area (Å²) in [6.45, 7) is 3.12. The van der Waals surface area contributed by atoms with Gasteiger partial charge >= 0.3 is 0 Å². The number of anilines is 1. The molecule has 0 aliphatic rings. The van der Waals surface area contributed by atoms with E-state index in [1.807, 2.05) is 13.8 Å². The number of nitrogens with zero attached hydrogens (tertiary/aromatic N) is 2. The molecule has 0 radical (unpaired) electrons. The summed E-state index contributed by atoms with van der Waals surface area (Å²) in [6.07, 6.45) is 1.40. The second-order valence-electron chi connectivity index (χ2n) is 3.92. The SMILES string of the molecule is CC(C)n1ncc(NC(CO)CO)c(Cl)c1=O. The molecule has 3 N–H and O–H groups in total. The van der Waals surface area contributed by atoms with Gasteiger partial charge in [0.2, 0.25) is 0 Å². The lowest BCUT2D eigenvalue weighted by atomic mass is 10.3. The van der Waals surface area contributed by atoms with Crippen molar-refractivity contribution in [2.24, 2.45) is 0 Å². The first-order chi connectivity index (χ1) is 8.01. The van der Waals surface area contributed by atoms with Crippen LogP contribution in [0.15, 0.2) is 11.0 Å². The van der Waals surface area contributed by atoms with Gasteiger partial charge in [0, 0.05) is 0 Å². The van der Waals surface area contributed by atoms with Crippen molar-refractivity contribution >= 4 is 17.3 Å². The Kier molecular flexibility index (Phi) is 4.92. The van der Waals surface area contributed by atoms with E-state index in [4.69, 9.17) is 21.8 Å². The highest BCUT2D eigenvalue weighted by Gasteiger charge is 2.13. The van der Waals surface area contributed by atoms with E-state index in [9.17, 15) is 4.79 Å². The van der Waals surface area contributed by atoms with E-state index in [-0.39, 0.29) is 24.3 Å². The molecular weight excluding hydrogens is 246 g/mol. The Morgan fingerprint density at radius 3 is 2.53 bits per heavy atom. The molecule has 1 aromatic heterocycles. The lowest BCUT2D eigenvalue weighted by Gasteiger charge is -2.16. The van der Waals surface area contributed by atoms with Gasteiger partial charge in [-0.25, -0.2) is 4.68 Å². The number of halogens is 1. The van der Waals surface area contributed by atoms with Crippen LogP contribution in [-0.2, 0) is 0 Å². The summed E-state index contributed by atoms with van der Waals surface area (Å²) in [5, 5.41) is 24.5. The fourth-order valence-corrected chi connectivity index (χ4v) is 1.47. The van der Waals surface area contributed by atoms with E-state index in [0.717, 1.165) is 0 Å². The van der Waals surface area contributed by atoms with Crippen molar-refractivity contribution in [2.75, 3.05) is 18.5 Å². The normalized spacial score (nSPS) is 11.2. The number of aromatic nitrogens is 2. The van der Waals surface area contributed by atoms with Gasteiger partial charge in [-0.05, 0) is 13.8 Å². The molecule has 0 fully saturated rings. The van der Waals surface area contributed by atoms with E-state index in [0.29, 0.717) is 5.69 Å². The molecule has 0 aromatic carbocycles. The maximum Gasteiger partial charge on any atom is 0.287 e. The van der Waals surface area contributed by atoms with E-state index in [1.54, 1.807) is 0 Å². The summed E-state index contributed by atoms with van der Waals surface area (Å²) in [4.78, 5) is 11.8. The Bertz CT molecular complexity index is 429. The monoisotopic (exact) mass is 261 g/mol. The number of nitrogens with one attached hydrogen (secondary N) is 1. The number of hydrogen-bond donors (Lipinski definition) is 3.